The third kappa shape index (κ3) is 6.19. The Morgan fingerprint density at radius 2 is 1.49 bits per heavy atom. The zero-order valence-electron chi connectivity index (χ0n) is 22.9. The largest absolute Gasteiger partial charge is 0.492 e. The number of hydrogen-bond donors (Lipinski definition) is 1. The SMILES string of the molecule is Cc1ccc(S(=O)(=O)N2C[C@H](C(=O)NCCOc3ccc(S(=O)(=O)N4CCCC4)cc3)Oc3cc(C)ccc32)cc1. The molecule has 0 spiro atoms. The van der Waals surface area contributed by atoms with Crippen LogP contribution in [0.1, 0.15) is 24.0 Å². The maximum absolute atomic E-state index is 13.6. The molecule has 0 radical (unpaired) electrons. The molecular formula is C29H33N3O7S2. The summed E-state index contributed by atoms with van der Waals surface area (Å²) in [6.45, 7) is 4.87. The molecule has 0 aliphatic carbocycles. The van der Waals surface area contributed by atoms with Crippen LogP contribution in [-0.2, 0) is 24.8 Å². The van der Waals surface area contributed by atoms with Crippen LogP contribution >= 0.6 is 0 Å². The number of nitrogens with one attached hydrogen (secondary N) is 1. The Hall–Kier alpha value is -3.61. The number of hydrogen-bond acceptors (Lipinski definition) is 7. The molecule has 0 saturated carbocycles. The van der Waals surface area contributed by atoms with Crippen LogP contribution in [-0.4, -0.2) is 65.9 Å². The molecule has 3 aromatic carbocycles. The zero-order chi connectivity index (χ0) is 29.2. The highest BCUT2D eigenvalue weighted by Crippen LogP contribution is 2.37. The van der Waals surface area contributed by atoms with Crippen LogP contribution in [0.5, 0.6) is 11.5 Å². The molecule has 2 heterocycles. The van der Waals surface area contributed by atoms with E-state index in [1.807, 2.05) is 13.8 Å². The van der Waals surface area contributed by atoms with Crippen molar-refractivity contribution < 1.29 is 31.1 Å². The Labute approximate surface area is 241 Å². The van der Waals surface area contributed by atoms with Gasteiger partial charge in [0.1, 0.15) is 18.1 Å². The zero-order valence-corrected chi connectivity index (χ0v) is 24.6. The third-order valence-electron chi connectivity index (χ3n) is 7.08. The first kappa shape index (κ1) is 28.9. The van der Waals surface area contributed by atoms with Gasteiger partial charge in [-0.1, -0.05) is 23.8 Å². The van der Waals surface area contributed by atoms with Gasteiger partial charge in [-0.15, -0.1) is 0 Å². The molecule has 1 saturated heterocycles. The van der Waals surface area contributed by atoms with Gasteiger partial charge in [0.25, 0.3) is 15.9 Å². The van der Waals surface area contributed by atoms with Gasteiger partial charge < -0.3 is 14.8 Å². The number of amides is 1. The molecule has 10 nitrogen and oxygen atoms in total. The summed E-state index contributed by atoms with van der Waals surface area (Å²) in [5.41, 5.74) is 2.17. The summed E-state index contributed by atoms with van der Waals surface area (Å²) in [7, 11) is -7.45. The number of benzene rings is 3. The van der Waals surface area contributed by atoms with Crippen LogP contribution in [0.15, 0.2) is 76.5 Å². The Morgan fingerprint density at radius 1 is 0.878 bits per heavy atom. The van der Waals surface area contributed by atoms with Gasteiger partial charge >= 0.3 is 0 Å². The third-order valence-corrected chi connectivity index (χ3v) is 10.8. The standard InChI is InChI=1S/C29H33N3O7S2/c1-21-5-10-25(11-6-21)41(36,37)32-20-28(39-27-19-22(2)7-14-26(27)32)29(33)30-15-18-38-23-8-12-24(13-9-23)40(34,35)31-16-3-4-17-31/h5-14,19,28H,3-4,15-18,20H2,1-2H3,(H,30,33)/t28-/m1/s1. The number of anilines is 1. The molecule has 2 aliphatic heterocycles. The Balaban J connectivity index is 1.21. The molecule has 1 amide bonds. The van der Waals surface area contributed by atoms with Crippen molar-refractivity contribution in [3.63, 3.8) is 0 Å². The molecule has 0 unspecified atom stereocenters. The molecule has 41 heavy (non-hydrogen) atoms. The van der Waals surface area contributed by atoms with Crippen molar-refractivity contribution in [3.05, 3.63) is 77.9 Å². The quantitative estimate of drug-likeness (QED) is 0.375. The van der Waals surface area contributed by atoms with E-state index in [0.29, 0.717) is 30.3 Å². The fourth-order valence-corrected chi connectivity index (χ4v) is 7.80. The molecular weight excluding hydrogens is 566 g/mol. The summed E-state index contributed by atoms with van der Waals surface area (Å²) >= 11 is 0. The number of carbonyl (C=O) groups excluding carboxylic acids is 1. The average molecular weight is 600 g/mol. The van der Waals surface area contributed by atoms with Gasteiger partial charge in [0.05, 0.1) is 28.6 Å². The average Bonchev–Trinajstić information content (AvgIpc) is 3.51. The van der Waals surface area contributed by atoms with Crippen molar-refractivity contribution in [1.29, 1.82) is 0 Å². The molecule has 1 N–H and O–H groups in total. The van der Waals surface area contributed by atoms with Crippen molar-refractivity contribution >= 4 is 31.6 Å². The van der Waals surface area contributed by atoms with Crippen molar-refractivity contribution in [3.8, 4) is 11.5 Å². The summed E-state index contributed by atoms with van der Waals surface area (Å²) < 4.78 is 66.8. The summed E-state index contributed by atoms with van der Waals surface area (Å²) in [5, 5.41) is 2.75. The van der Waals surface area contributed by atoms with Crippen LogP contribution < -0.4 is 19.1 Å². The van der Waals surface area contributed by atoms with Crippen LogP contribution in [0, 0.1) is 13.8 Å². The van der Waals surface area contributed by atoms with E-state index in [1.54, 1.807) is 54.6 Å². The fraction of sp³-hybridized carbons (Fsp3) is 0.345. The second kappa shape index (κ2) is 11.7. The van der Waals surface area contributed by atoms with E-state index in [9.17, 15) is 21.6 Å². The number of aryl methyl sites for hydroxylation is 2. The molecule has 12 heteroatoms. The van der Waals surface area contributed by atoms with E-state index >= 15 is 0 Å². The van der Waals surface area contributed by atoms with Gasteiger partial charge in [0, 0.05) is 13.1 Å². The van der Waals surface area contributed by atoms with Gasteiger partial charge in [-0.05, 0) is 80.8 Å². The molecule has 2 aliphatic rings. The molecule has 3 aromatic rings. The first-order chi connectivity index (χ1) is 19.6. The minimum absolute atomic E-state index is 0.123. The first-order valence-corrected chi connectivity index (χ1v) is 16.3. The van der Waals surface area contributed by atoms with Gasteiger partial charge in [-0.2, -0.15) is 4.31 Å². The van der Waals surface area contributed by atoms with Crippen LogP contribution in [0.25, 0.3) is 0 Å². The van der Waals surface area contributed by atoms with Gasteiger partial charge in [-0.3, -0.25) is 9.10 Å². The highest BCUT2D eigenvalue weighted by atomic mass is 32.2. The fourth-order valence-electron chi connectivity index (χ4n) is 4.81. The Bertz CT molecular complexity index is 1620. The highest BCUT2D eigenvalue weighted by molar-refractivity contribution is 7.92. The number of nitrogens with zero attached hydrogens (tertiary/aromatic N) is 2. The predicted molar refractivity (Wildman–Crippen MR) is 154 cm³/mol. The maximum atomic E-state index is 13.6. The first-order valence-electron chi connectivity index (χ1n) is 13.4. The molecule has 1 fully saturated rings. The highest BCUT2D eigenvalue weighted by Gasteiger charge is 2.37. The Morgan fingerprint density at radius 3 is 2.17 bits per heavy atom. The van der Waals surface area contributed by atoms with Crippen LogP contribution in [0.3, 0.4) is 0 Å². The number of fused-ring (bicyclic) bond motifs is 1. The summed E-state index contributed by atoms with van der Waals surface area (Å²) in [6.07, 6.45) is 0.662. The van der Waals surface area contributed by atoms with Gasteiger partial charge in [-0.25, -0.2) is 16.8 Å². The minimum Gasteiger partial charge on any atom is -0.492 e. The lowest BCUT2D eigenvalue weighted by atomic mass is 10.1. The lowest BCUT2D eigenvalue weighted by Crippen LogP contribution is -2.51. The van der Waals surface area contributed by atoms with Crippen molar-refractivity contribution in [1.82, 2.24) is 9.62 Å². The lowest BCUT2D eigenvalue weighted by Gasteiger charge is -2.35. The number of rotatable bonds is 9. The molecule has 0 aromatic heterocycles. The normalized spacial score (nSPS) is 17.5. The van der Waals surface area contributed by atoms with Crippen molar-refractivity contribution in [2.24, 2.45) is 0 Å². The second-order valence-corrected chi connectivity index (χ2v) is 13.9. The predicted octanol–water partition coefficient (Wildman–Crippen LogP) is 3.24. The molecule has 1 atom stereocenters. The second-order valence-electron chi connectivity index (χ2n) is 10.1. The molecule has 218 valence electrons. The summed E-state index contributed by atoms with van der Waals surface area (Å²) in [4.78, 5) is 13.4. The Kier molecular flexibility index (Phi) is 8.25. The number of carbonyl (C=O) groups is 1. The van der Waals surface area contributed by atoms with E-state index in [4.69, 9.17) is 9.47 Å². The van der Waals surface area contributed by atoms with E-state index in [-0.39, 0.29) is 29.5 Å². The van der Waals surface area contributed by atoms with Crippen molar-refractivity contribution in [2.45, 2.75) is 42.6 Å². The van der Waals surface area contributed by atoms with Crippen LogP contribution in [0.2, 0.25) is 0 Å². The minimum atomic E-state index is -3.95. The number of ether oxygens (including phenoxy) is 2. The number of sulfonamides is 2. The van der Waals surface area contributed by atoms with E-state index in [0.717, 1.165) is 24.0 Å². The van der Waals surface area contributed by atoms with E-state index in [2.05, 4.69) is 5.32 Å². The smallest absolute Gasteiger partial charge is 0.264 e. The lowest BCUT2D eigenvalue weighted by molar-refractivity contribution is -0.127. The van der Waals surface area contributed by atoms with Gasteiger partial charge in [0.15, 0.2) is 6.10 Å². The van der Waals surface area contributed by atoms with Crippen molar-refractivity contribution in [2.75, 3.05) is 37.1 Å². The van der Waals surface area contributed by atoms with E-state index < -0.39 is 32.1 Å². The van der Waals surface area contributed by atoms with Gasteiger partial charge in [0.2, 0.25) is 10.0 Å². The van der Waals surface area contributed by atoms with E-state index in [1.165, 1.54) is 20.7 Å². The summed E-state index contributed by atoms with van der Waals surface area (Å²) in [5.74, 6) is 0.303. The molecule has 0 bridgehead atoms. The topological polar surface area (TPSA) is 122 Å². The maximum Gasteiger partial charge on any atom is 0.264 e. The monoisotopic (exact) mass is 599 g/mol. The summed E-state index contributed by atoms with van der Waals surface area (Å²) in [6, 6.07) is 17.9. The molecule has 5 rings (SSSR count). The van der Waals surface area contributed by atoms with Crippen LogP contribution in [0.4, 0.5) is 5.69 Å².